The third-order valence-electron chi connectivity index (χ3n) is 15.7. The molecule has 75 heavy (non-hydrogen) atoms. The van der Waals surface area contributed by atoms with Gasteiger partial charge in [-0.2, -0.15) is 0 Å². The van der Waals surface area contributed by atoms with Gasteiger partial charge in [-0.05, 0) is 115 Å². The van der Waals surface area contributed by atoms with Crippen LogP contribution in [0.1, 0.15) is 355 Å². The van der Waals surface area contributed by atoms with E-state index in [4.69, 9.17) is 0 Å². The molecule has 0 N–H and O–H groups in total. The fourth-order valence-corrected chi connectivity index (χ4v) is 10.7. The number of carbonyl (C=O) groups is 1. The fraction of sp³-hybridized carbons (Fsp3) is 0.770. The van der Waals surface area contributed by atoms with Crippen LogP contribution in [0.4, 0.5) is 0 Å². The summed E-state index contributed by atoms with van der Waals surface area (Å²) in [7, 11) is 0. The predicted octanol–water partition coefficient (Wildman–Crippen LogP) is 26.2. The van der Waals surface area contributed by atoms with Gasteiger partial charge in [-0.25, -0.2) is 0 Å². The van der Waals surface area contributed by atoms with Crippen molar-refractivity contribution in [2.24, 2.45) is 11.8 Å². The van der Waals surface area contributed by atoms with E-state index in [1.165, 1.54) is 250 Å². The van der Waals surface area contributed by atoms with E-state index < -0.39 is 0 Å². The largest absolute Gasteiger partial charge is 0.299 e. The van der Waals surface area contributed by atoms with Crippen LogP contribution >= 0.6 is 0 Å². The number of allylic oxidation sites excluding steroid dienone is 16. The number of ketones is 1. The molecular formula is C74H132O. The molecule has 1 nitrogen and oxygen atoms in total. The highest BCUT2D eigenvalue weighted by molar-refractivity contribution is 5.81. The maximum Gasteiger partial charge on any atom is 0.136 e. The first-order valence-corrected chi connectivity index (χ1v) is 33.9. The van der Waals surface area contributed by atoms with E-state index in [2.05, 4.69) is 125 Å². The molecule has 0 aliphatic rings. The molecular weight excluding hydrogens is 905 g/mol. The molecule has 1 heteroatoms. The highest BCUT2D eigenvalue weighted by Crippen LogP contribution is 2.32. The van der Waals surface area contributed by atoms with Crippen LogP contribution in [0.25, 0.3) is 0 Å². The van der Waals surface area contributed by atoms with Crippen LogP contribution < -0.4 is 0 Å². The molecule has 434 valence electrons. The topological polar surface area (TPSA) is 17.1 Å². The number of carbonyl (C=O) groups excluding carboxylic acids is 1. The molecule has 0 amide bonds. The summed E-state index contributed by atoms with van der Waals surface area (Å²) in [6.07, 6.45) is 103. The molecule has 0 saturated carbocycles. The Balaban J connectivity index is 5.33. The molecule has 0 aromatic carbocycles. The monoisotopic (exact) mass is 1040 g/mol. The summed E-state index contributed by atoms with van der Waals surface area (Å²) in [6, 6.07) is 0. The lowest BCUT2D eigenvalue weighted by Gasteiger charge is -2.26. The molecule has 0 heterocycles. The number of hydrogen-bond donors (Lipinski definition) is 0. The highest BCUT2D eigenvalue weighted by Gasteiger charge is 2.26. The first-order valence-electron chi connectivity index (χ1n) is 33.9. The van der Waals surface area contributed by atoms with E-state index in [1.54, 1.807) is 0 Å². The minimum atomic E-state index is 0.247. The Morgan fingerprint density at radius 3 is 0.813 bits per heavy atom. The number of Topliss-reactive ketones (excluding diaryl/α,β-unsaturated/α-hetero) is 1. The summed E-state index contributed by atoms with van der Waals surface area (Å²) in [6.45, 7) is 9.16. The Kier molecular flexibility index (Phi) is 63.8. The number of unbranched alkanes of at least 4 members (excludes halogenated alkanes) is 35. The van der Waals surface area contributed by atoms with Crippen molar-refractivity contribution in [2.75, 3.05) is 0 Å². The van der Waals surface area contributed by atoms with Crippen molar-refractivity contribution < 1.29 is 4.79 Å². The fourth-order valence-electron chi connectivity index (χ4n) is 10.7. The minimum absolute atomic E-state index is 0.247. The van der Waals surface area contributed by atoms with Crippen molar-refractivity contribution in [1.29, 1.82) is 0 Å². The lowest BCUT2D eigenvalue weighted by Crippen LogP contribution is -2.24. The van der Waals surface area contributed by atoms with E-state index in [9.17, 15) is 4.79 Å². The lowest BCUT2D eigenvalue weighted by molar-refractivity contribution is -0.125. The molecule has 0 saturated heterocycles. The first kappa shape index (κ1) is 72.6. The summed E-state index contributed by atoms with van der Waals surface area (Å²) < 4.78 is 0. The van der Waals surface area contributed by atoms with Crippen LogP contribution in [0.3, 0.4) is 0 Å². The highest BCUT2D eigenvalue weighted by atomic mass is 16.1. The standard InChI is InChI=1S/C74H132O/c1-5-9-13-17-21-25-29-33-37-39-40-43-45-49-53-57-61-65-69-72(68-64-60-56-52-48-44-42-38-34-30-26-22-18-14-10-6-2)73(70-66-62-58-54-50-46-36-32-28-24-20-16-12-8-4)74(75)71-67-63-59-55-51-47-41-35-31-27-23-19-15-11-7-3/h21-22,25-26,33-34,37-38,40,43-44,48-49,53,56,60,72-73H,5-20,23-24,27-32,35-36,39,41-42,45-47,50-52,54-55,57-59,61-71H2,1-4H3/b25-21-,26-22-,37-33-,38-34-,43-40-,48-44-,53-49-,60-56-. The summed E-state index contributed by atoms with van der Waals surface area (Å²) in [4.78, 5) is 14.4. The molecule has 0 aromatic heterocycles. The van der Waals surface area contributed by atoms with E-state index >= 15 is 0 Å². The maximum absolute atomic E-state index is 14.4. The Morgan fingerprint density at radius 2 is 0.480 bits per heavy atom. The normalized spacial score (nSPS) is 13.4. The molecule has 0 aliphatic heterocycles. The van der Waals surface area contributed by atoms with Crippen molar-refractivity contribution in [3.8, 4) is 0 Å². The smallest absolute Gasteiger partial charge is 0.136 e. The molecule has 2 atom stereocenters. The Morgan fingerprint density at radius 1 is 0.240 bits per heavy atom. The second-order valence-corrected chi connectivity index (χ2v) is 23.0. The van der Waals surface area contributed by atoms with Gasteiger partial charge in [0.25, 0.3) is 0 Å². The van der Waals surface area contributed by atoms with E-state index in [-0.39, 0.29) is 5.92 Å². The Labute approximate surface area is 472 Å². The first-order chi connectivity index (χ1) is 37.2. The minimum Gasteiger partial charge on any atom is -0.299 e. The average Bonchev–Trinajstić information content (AvgIpc) is 3.42. The zero-order valence-corrected chi connectivity index (χ0v) is 51.4. The number of hydrogen-bond acceptors (Lipinski definition) is 1. The molecule has 0 fully saturated rings. The van der Waals surface area contributed by atoms with E-state index in [0.29, 0.717) is 11.7 Å². The zero-order chi connectivity index (χ0) is 54.1. The molecule has 0 aliphatic carbocycles. The van der Waals surface area contributed by atoms with Gasteiger partial charge in [-0.1, -0.05) is 337 Å². The summed E-state index contributed by atoms with van der Waals surface area (Å²) in [5, 5.41) is 0. The van der Waals surface area contributed by atoms with Crippen LogP contribution in [0, 0.1) is 11.8 Å². The maximum atomic E-state index is 14.4. The van der Waals surface area contributed by atoms with Crippen molar-refractivity contribution in [3.05, 3.63) is 97.2 Å². The predicted molar refractivity (Wildman–Crippen MR) is 343 cm³/mol. The third kappa shape index (κ3) is 59.1. The van der Waals surface area contributed by atoms with Crippen LogP contribution in [0.15, 0.2) is 97.2 Å². The van der Waals surface area contributed by atoms with Gasteiger partial charge in [-0.15, -0.1) is 0 Å². The van der Waals surface area contributed by atoms with Gasteiger partial charge in [0.1, 0.15) is 5.78 Å². The van der Waals surface area contributed by atoms with Gasteiger partial charge in [0.2, 0.25) is 0 Å². The van der Waals surface area contributed by atoms with Gasteiger partial charge >= 0.3 is 0 Å². The van der Waals surface area contributed by atoms with Gasteiger partial charge in [0.05, 0.1) is 0 Å². The van der Waals surface area contributed by atoms with Crippen molar-refractivity contribution in [2.45, 2.75) is 355 Å². The van der Waals surface area contributed by atoms with Crippen LogP contribution in [0.2, 0.25) is 0 Å². The summed E-state index contributed by atoms with van der Waals surface area (Å²) in [5.74, 6) is 1.37. The molecule has 0 spiro atoms. The molecule has 0 rings (SSSR count). The quantitative estimate of drug-likeness (QED) is 0.0438. The Bertz CT molecular complexity index is 1350. The van der Waals surface area contributed by atoms with Crippen LogP contribution in [-0.2, 0) is 4.79 Å². The van der Waals surface area contributed by atoms with Crippen molar-refractivity contribution in [1.82, 2.24) is 0 Å². The molecule has 2 unspecified atom stereocenters. The second kappa shape index (κ2) is 65.9. The summed E-state index contributed by atoms with van der Waals surface area (Å²) >= 11 is 0. The zero-order valence-electron chi connectivity index (χ0n) is 51.4. The van der Waals surface area contributed by atoms with Gasteiger partial charge in [0, 0.05) is 12.3 Å². The van der Waals surface area contributed by atoms with E-state index in [1.807, 2.05) is 0 Å². The van der Waals surface area contributed by atoms with Gasteiger partial charge in [0.15, 0.2) is 0 Å². The molecule has 0 bridgehead atoms. The lowest BCUT2D eigenvalue weighted by atomic mass is 9.77. The number of rotatable bonds is 61. The van der Waals surface area contributed by atoms with Gasteiger partial charge in [-0.3, -0.25) is 4.79 Å². The van der Waals surface area contributed by atoms with E-state index in [0.717, 1.165) is 77.0 Å². The van der Waals surface area contributed by atoms with Gasteiger partial charge < -0.3 is 0 Å². The SMILES string of the molecule is CCCCC/C=C\C/C=C\C/C=C\C/C=C\CCCCC(CC/C=C\C/C=C\C/C=C\C/C=C\CCCCC)C(CCCCCCCCCCCCCCCC)C(=O)CCCCCCCCCCCCCCCCC. The van der Waals surface area contributed by atoms with Crippen molar-refractivity contribution >= 4 is 5.78 Å². The molecule has 0 radical (unpaired) electrons. The molecule has 0 aromatic rings. The van der Waals surface area contributed by atoms with Crippen LogP contribution in [-0.4, -0.2) is 5.78 Å². The van der Waals surface area contributed by atoms with Crippen molar-refractivity contribution in [3.63, 3.8) is 0 Å². The average molecular weight is 1040 g/mol. The second-order valence-electron chi connectivity index (χ2n) is 23.0. The Hall–Kier alpha value is -2.41. The third-order valence-corrected chi connectivity index (χ3v) is 15.7. The summed E-state index contributed by atoms with van der Waals surface area (Å²) in [5.41, 5.74) is 0. The van der Waals surface area contributed by atoms with Crippen LogP contribution in [0.5, 0.6) is 0 Å².